The number of imide groups is 1. The summed E-state index contributed by atoms with van der Waals surface area (Å²) in [7, 11) is 0. The molecule has 1 spiro atoms. The summed E-state index contributed by atoms with van der Waals surface area (Å²) in [5, 5.41) is 6.15. The molecule has 11 heteroatoms. The fraction of sp³-hybridized carbons (Fsp3) is 0.261. The van der Waals surface area contributed by atoms with E-state index in [0.29, 0.717) is 16.3 Å². The second-order valence-electron chi connectivity index (χ2n) is 8.78. The molecule has 3 aliphatic heterocycles. The number of nitrogens with one attached hydrogen (secondary N) is 2. The average molecular weight is 482 g/mol. The van der Waals surface area contributed by atoms with E-state index in [-0.39, 0.29) is 17.7 Å². The number of amides is 5. The van der Waals surface area contributed by atoms with Gasteiger partial charge in [-0.3, -0.25) is 29.3 Å². The van der Waals surface area contributed by atoms with Crippen LogP contribution in [0.4, 0.5) is 11.4 Å². The molecule has 2 fully saturated rings. The summed E-state index contributed by atoms with van der Waals surface area (Å²) < 4.78 is 0. The lowest BCUT2D eigenvalue weighted by atomic mass is 9.76. The van der Waals surface area contributed by atoms with E-state index in [1.165, 1.54) is 24.3 Å². The van der Waals surface area contributed by atoms with Crippen LogP contribution in [0.2, 0.25) is 5.02 Å². The molecular formula is C23H20ClN5O5. The molecule has 5 rings (SSSR count). The van der Waals surface area contributed by atoms with Crippen molar-refractivity contribution >= 4 is 52.5 Å². The Labute approximate surface area is 198 Å². The van der Waals surface area contributed by atoms with Gasteiger partial charge in [-0.1, -0.05) is 17.7 Å². The van der Waals surface area contributed by atoms with Gasteiger partial charge in [0.2, 0.25) is 29.5 Å². The van der Waals surface area contributed by atoms with Gasteiger partial charge in [0.25, 0.3) is 0 Å². The van der Waals surface area contributed by atoms with Gasteiger partial charge in [-0.25, -0.2) is 4.90 Å². The molecule has 0 unspecified atom stereocenters. The highest BCUT2D eigenvalue weighted by atomic mass is 35.5. The van der Waals surface area contributed by atoms with E-state index in [2.05, 4.69) is 10.6 Å². The number of aryl methyl sites for hydroxylation is 1. The topological polar surface area (TPSA) is 165 Å². The molecule has 174 valence electrons. The second kappa shape index (κ2) is 7.37. The molecule has 2 aromatic rings. The molecule has 4 atom stereocenters. The quantitative estimate of drug-likeness (QED) is 0.465. The maximum Gasteiger partial charge on any atom is 0.250 e. The Kier molecular flexibility index (Phi) is 4.78. The minimum Gasteiger partial charge on any atom is -0.370 e. The molecule has 5 amide bonds. The Morgan fingerprint density at radius 3 is 2.38 bits per heavy atom. The van der Waals surface area contributed by atoms with Gasteiger partial charge in [0.1, 0.15) is 5.54 Å². The summed E-state index contributed by atoms with van der Waals surface area (Å²) >= 11 is 6.38. The predicted molar refractivity (Wildman–Crippen MR) is 122 cm³/mol. The van der Waals surface area contributed by atoms with Crippen LogP contribution in [0.15, 0.2) is 36.4 Å². The van der Waals surface area contributed by atoms with Crippen molar-refractivity contribution in [2.75, 3.05) is 10.2 Å². The molecule has 3 heterocycles. The number of hydrogen-bond acceptors (Lipinski definition) is 6. The summed E-state index contributed by atoms with van der Waals surface area (Å²) in [6.45, 7) is 1.80. The minimum atomic E-state index is -1.61. The molecule has 2 aromatic carbocycles. The van der Waals surface area contributed by atoms with Crippen LogP contribution in [0, 0.1) is 18.8 Å². The minimum absolute atomic E-state index is 0.210. The summed E-state index contributed by atoms with van der Waals surface area (Å²) in [6.07, 6.45) is -0.251. The number of fused-ring (bicyclic) bond motifs is 4. The summed E-state index contributed by atoms with van der Waals surface area (Å²) in [6, 6.07) is 8.24. The van der Waals surface area contributed by atoms with Crippen molar-refractivity contribution in [2.45, 2.75) is 24.9 Å². The molecule has 10 nitrogen and oxygen atoms in total. The van der Waals surface area contributed by atoms with E-state index in [9.17, 15) is 24.0 Å². The first kappa shape index (κ1) is 22.1. The number of nitrogens with zero attached hydrogens (tertiary/aromatic N) is 1. The first-order chi connectivity index (χ1) is 16.1. The zero-order valence-corrected chi connectivity index (χ0v) is 18.7. The standard InChI is InChI=1S/C23H20ClN5O5/c1-9-6-12-18(13(24)7-9)27-22(34)23(12)17-16(14(28-23)8-15(25)30)20(32)29(21(17)33)11-4-2-10(3-5-11)19(26)31/h2-7,14,16-17,28H,8H2,1H3,(H2,25,30)(H2,26,31)(H,27,34)/t14-,16+,17+,23+/m0/s1. The number of hydrogen-bond donors (Lipinski definition) is 4. The van der Waals surface area contributed by atoms with Crippen molar-refractivity contribution in [1.29, 1.82) is 0 Å². The van der Waals surface area contributed by atoms with E-state index in [4.69, 9.17) is 23.1 Å². The van der Waals surface area contributed by atoms with Crippen molar-refractivity contribution in [3.05, 3.63) is 58.1 Å². The Hall–Kier alpha value is -3.76. The normalized spacial score (nSPS) is 27.2. The number of rotatable bonds is 4. The molecule has 0 saturated carbocycles. The molecule has 2 saturated heterocycles. The number of halogens is 1. The van der Waals surface area contributed by atoms with Crippen LogP contribution in [0.3, 0.4) is 0 Å². The SMILES string of the molecule is Cc1cc(Cl)c2c(c1)[C@]1(N[C@@H](CC(N)=O)[C@H]3C(=O)N(c4ccc(C(N)=O)cc4)C(=O)[C@@H]31)C(=O)N2. The van der Waals surface area contributed by atoms with Crippen molar-refractivity contribution in [3.8, 4) is 0 Å². The molecule has 3 aliphatic rings. The molecule has 34 heavy (non-hydrogen) atoms. The number of carbonyl (C=O) groups excluding carboxylic acids is 5. The third-order valence-corrected chi connectivity index (χ3v) is 7.05. The Balaban J connectivity index is 1.66. The van der Waals surface area contributed by atoms with Gasteiger partial charge < -0.3 is 16.8 Å². The first-order valence-electron chi connectivity index (χ1n) is 10.5. The average Bonchev–Trinajstić information content (AvgIpc) is 3.33. The number of benzene rings is 2. The fourth-order valence-corrected chi connectivity index (χ4v) is 5.74. The van der Waals surface area contributed by atoms with Crippen LogP contribution < -0.4 is 27.0 Å². The van der Waals surface area contributed by atoms with Crippen LogP contribution in [-0.4, -0.2) is 35.6 Å². The highest BCUT2D eigenvalue weighted by molar-refractivity contribution is 6.35. The predicted octanol–water partition coefficient (Wildman–Crippen LogP) is 0.548. The third kappa shape index (κ3) is 2.88. The molecule has 0 bridgehead atoms. The lowest BCUT2D eigenvalue weighted by Crippen LogP contribution is -2.53. The molecule has 0 radical (unpaired) electrons. The van der Waals surface area contributed by atoms with E-state index in [1.54, 1.807) is 19.1 Å². The zero-order valence-electron chi connectivity index (χ0n) is 17.9. The van der Waals surface area contributed by atoms with Crippen LogP contribution in [0.25, 0.3) is 0 Å². The molecular weight excluding hydrogens is 462 g/mol. The van der Waals surface area contributed by atoms with E-state index in [1.807, 2.05) is 0 Å². The van der Waals surface area contributed by atoms with Gasteiger partial charge in [0.05, 0.1) is 28.2 Å². The van der Waals surface area contributed by atoms with E-state index >= 15 is 0 Å². The van der Waals surface area contributed by atoms with Crippen LogP contribution in [0.5, 0.6) is 0 Å². The smallest absolute Gasteiger partial charge is 0.250 e. The van der Waals surface area contributed by atoms with Gasteiger partial charge in [0, 0.05) is 23.6 Å². The largest absolute Gasteiger partial charge is 0.370 e. The number of nitrogens with two attached hydrogens (primary N) is 2. The van der Waals surface area contributed by atoms with Gasteiger partial charge in [-0.2, -0.15) is 0 Å². The van der Waals surface area contributed by atoms with E-state index in [0.717, 1.165) is 10.5 Å². The van der Waals surface area contributed by atoms with Gasteiger partial charge in [0.15, 0.2) is 0 Å². The van der Waals surface area contributed by atoms with Crippen molar-refractivity contribution < 1.29 is 24.0 Å². The van der Waals surface area contributed by atoms with Crippen molar-refractivity contribution in [3.63, 3.8) is 0 Å². The Morgan fingerprint density at radius 1 is 1.09 bits per heavy atom. The lowest BCUT2D eigenvalue weighted by molar-refractivity contribution is -0.130. The number of carbonyl (C=O) groups is 5. The summed E-state index contributed by atoms with van der Waals surface area (Å²) in [5.74, 6) is -5.22. The van der Waals surface area contributed by atoms with Crippen LogP contribution >= 0.6 is 11.6 Å². The first-order valence-corrected chi connectivity index (χ1v) is 10.9. The maximum atomic E-state index is 13.8. The molecule has 6 N–H and O–H groups in total. The highest BCUT2D eigenvalue weighted by Gasteiger charge is 2.71. The Bertz CT molecular complexity index is 1310. The van der Waals surface area contributed by atoms with Gasteiger partial charge >= 0.3 is 0 Å². The van der Waals surface area contributed by atoms with Crippen molar-refractivity contribution in [2.24, 2.45) is 23.3 Å². The number of primary amides is 2. The summed E-state index contributed by atoms with van der Waals surface area (Å²) in [5.41, 5.74) is 11.1. The third-order valence-electron chi connectivity index (χ3n) is 6.75. The lowest BCUT2D eigenvalue weighted by Gasteiger charge is -2.29. The van der Waals surface area contributed by atoms with E-state index < -0.39 is 53.0 Å². The molecule has 0 aliphatic carbocycles. The molecule has 0 aromatic heterocycles. The Morgan fingerprint density at radius 2 is 1.76 bits per heavy atom. The highest BCUT2D eigenvalue weighted by Crippen LogP contribution is 2.55. The van der Waals surface area contributed by atoms with Crippen molar-refractivity contribution in [1.82, 2.24) is 5.32 Å². The second-order valence-corrected chi connectivity index (χ2v) is 9.19. The summed E-state index contributed by atoms with van der Waals surface area (Å²) in [4.78, 5) is 65.0. The monoisotopic (exact) mass is 481 g/mol. The fourth-order valence-electron chi connectivity index (χ4n) is 5.41. The van der Waals surface area contributed by atoms with Crippen LogP contribution in [-0.2, 0) is 24.7 Å². The van der Waals surface area contributed by atoms with Crippen LogP contribution in [0.1, 0.15) is 27.9 Å². The zero-order chi connectivity index (χ0) is 24.5. The van der Waals surface area contributed by atoms with Gasteiger partial charge in [-0.05, 0) is 42.8 Å². The maximum absolute atomic E-state index is 13.8. The van der Waals surface area contributed by atoms with Gasteiger partial charge in [-0.15, -0.1) is 0 Å². The number of anilines is 2.